The number of ether oxygens (including phenoxy) is 2. The first kappa shape index (κ1) is 26.9. The van der Waals surface area contributed by atoms with Crippen LogP contribution in [-0.4, -0.2) is 59.2 Å². The highest BCUT2D eigenvalue weighted by molar-refractivity contribution is 5.97. The van der Waals surface area contributed by atoms with Crippen LogP contribution in [-0.2, 0) is 4.74 Å². The van der Waals surface area contributed by atoms with E-state index in [1.807, 2.05) is 44.2 Å². The van der Waals surface area contributed by atoms with Crippen molar-refractivity contribution in [3.8, 4) is 24.0 Å². The second-order valence-electron chi connectivity index (χ2n) is 10.3. The lowest BCUT2D eigenvalue weighted by Gasteiger charge is -2.35. The topological polar surface area (TPSA) is 115 Å². The molecule has 9 heteroatoms. The second-order valence-corrected chi connectivity index (χ2v) is 10.3. The molecule has 4 N–H and O–H groups in total. The third-order valence-electron chi connectivity index (χ3n) is 6.55. The van der Waals surface area contributed by atoms with Gasteiger partial charge < -0.3 is 25.8 Å². The lowest BCUT2D eigenvalue weighted by molar-refractivity contribution is 0.0269. The van der Waals surface area contributed by atoms with Crippen molar-refractivity contribution in [1.82, 2.24) is 20.2 Å². The van der Waals surface area contributed by atoms with Crippen LogP contribution in [0.25, 0.3) is 10.8 Å². The predicted octanol–water partition coefficient (Wildman–Crippen LogP) is 4.57. The highest BCUT2D eigenvalue weighted by Gasteiger charge is 2.26. The van der Waals surface area contributed by atoms with E-state index in [2.05, 4.69) is 31.4 Å². The number of nitrogens with two attached hydrogens (primary N) is 1. The van der Waals surface area contributed by atoms with Gasteiger partial charge in [0.05, 0.1) is 13.2 Å². The number of carbonyl (C=O) groups is 1. The van der Waals surface area contributed by atoms with E-state index >= 15 is 0 Å². The van der Waals surface area contributed by atoms with Crippen LogP contribution >= 0.6 is 0 Å². The first-order chi connectivity index (χ1) is 19.3. The van der Waals surface area contributed by atoms with Crippen molar-refractivity contribution in [1.29, 1.82) is 0 Å². The molecule has 0 radical (unpaired) electrons. The Labute approximate surface area is 233 Å². The fourth-order valence-corrected chi connectivity index (χ4v) is 4.74. The van der Waals surface area contributed by atoms with E-state index in [-0.39, 0.29) is 5.91 Å². The molecular formula is C31H32N6O3. The van der Waals surface area contributed by atoms with Gasteiger partial charge in [-0.2, -0.15) is 4.98 Å². The molecular weight excluding hydrogens is 504 g/mol. The van der Waals surface area contributed by atoms with Crippen LogP contribution in [0.4, 0.5) is 17.3 Å². The van der Waals surface area contributed by atoms with Gasteiger partial charge in [-0.05, 0) is 44.2 Å². The highest BCUT2D eigenvalue weighted by atomic mass is 16.5. The standard InChI is InChI=1S/C31H32N6O3/c1-4-21-17-22(29(38)36-31(2,3)20-37-13-15-39-16-14-37)19-23(18-21)34-30-33-12-11-28(35-30)40-27-10-9-26(32)24-7-5-6-8-25(24)27/h1,5-12,17-19H,13-16,20,32H2,2-3H3,(H,36,38)(H,33,34,35). The van der Waals surface area contributed by atoms with E-state index in [9.17, 15) is 4.79 Å². The number of carbonyl (C=O) groups excluding carboxylic acids is 1. The molecule has 9 nitrogen and oxygen atoms in total. The first-order valence-corrected chi connectivity index (χ1v) is 13.1. The summed E-state index contributed by atoms with van der Waals surface area (Å²) in [5.41, 5.74) is 7.92. The fraction of sp³-hybridized carbons (Fsp3) is 0.258. The minimum atomic E-state index is -0.449. The Morgan fingerprint density at radius 1 is 1.12 bits per heavy atom. The molecule has 40 heavy (non-hydrogen) atoms. The summed E-state index contributed by atoms with van der Waals surface area (Å²) in [6.45, 7) is 7.82. The largest absolute Gasteiger partial charge is 0.438 e. The molecule has 0 saturated carbocycles. The van der Waals surface area contributed by atoms with Gasteiger partial charge in [0.1, 0.15) is 5.75 Å². The molecule has 1 aromatic heterocycles. The molecule has 204 valence electrons. The molecule has 0 aliphatic carbocycles. The van der Waals surface area contributed by atoms with Gasteiger partial charge >= 0.3 is 0 Å². The van der Waals surface area contributed by atoms with E-state index in [0.717, 1.165) is 23.9 Å². The number of rotatable bonds is 8. The maximum absolute atomic E-state index is 13.3. The molecule has 1 aliphatic rings. The molecule has 1 saturated heterocycles. The van der Waals surface area contributed by atoms with Crippen molar-refractivity contribution in [2.45, 2.75) is 19.4 Å². The number of nitrogen functional groups attached to an aromatic ring is 1. The normalized spacial score (nSPS) is 13.9. The summed E-state index contributed by atoms with van der Waals surface area (Å²) in [6, 6.07) is 18.2. The average molecular weight is 537 g/mol. The van der Waals surface area contributed by atoms with Gasteiger partial charge in [0.2, 0.25) is 11.8 Å². The van der Waals surface area contributed by atoms with Gasteiger partial charge in [-0.25, -0.2) is 4.98 Å². The number of amides is 1. The smallest absolute Gasteiger partial charge is 0.251 e. The molecule has 5 rings (SSSR count). The molecule has 0 spiro atoms. The summed E-state index contributed by atoms with van der Waals surface area (Å²) in [5, 5.41) is 8.07. The number of hydrogen-bond acceptors (Lipinski definition) is 8. The Morgan fingerprint density at radius 2 is 1.90 bits per heavy atom. The van der Waals surface area contributed by atoms with Crippen LogP contribution in [0.15, 0.2) is 66.9 Å². The van der Waals surface area contributed by atoms with Gasteiger partial charge in [-0.15, -0.1) is 6.42 Å². The summed E-state index contributed by atoms with van der Waals surface area (Å²) in [7, 11) is 0. The van der Waals surface area contributed by atoms with Gasteiger partial charge in [-0.1, -0.05) is 30.2 Å². The SMILES string of the molecule is C#Cc1cc(Nc2nccc(Oc3ccc(N)c4ccccc34)n2)cc(C(=O)NC(C)(C)CN2CCOCC2)c1. The zero-order valence-electron chi connectivity index (χ0n) is 22.6. The van der Waals surface area contributed by atoms with Gasteiger partial charge in [-0.3, -0.25) is 9.69 Å². The highest BCUT2D eigenvalue weighted by Crippen LogP contribution is 2.32. The van der Waals surface area contributed by atoms with Gasteiger partial charge in [0, 0.05) is 70.7 Å². The Bertz CT molecular complexity index is 1570. The number of benzene rings is 3. The van der Waals surface area contributed by atoms with Gasteiger partial charge in [0.25, 0.3) is 5.91 Å². The molecule has 4 aromatic rings. The van der Waals surface area contributed by atoms with Crippen LogP contribution in [0.2, 0.25) is 0 Å². The van der Waals surface area contributed by atoms with E-state index in [1.165, 1.54) is 0 Å². The summed E-state index contributed by atoms with van der Waals surface area (Å²) in [5.74, 6) is 3.68. The van der Waals surface area contributed by atoms with Crippen molar-refractivity contribution < 1.29 is 14.3 Å². The molecule has 1 fully saturated rings. The average Bonchev–Trinajstić information content (AvgIpc) is 2.95. The summed E-state index contributed by atoms with van der Waals surface area (Å²) < 4.78 is 11.5. The van der Waals surface area contributed by atoms with Crippen molar-refractivity contribution in [2.24, 2.45) is 0 Å². The van der Waals surface area contributed by atoms with Crippen molar-refractivity contribution in [3.05, 3.63) is 78.0 Å². The quantitative estimate of drug-likeness (QED) is 0.222. The lowest BCUT2D eigenvalue weighted by Crippen LogP contribution is -2.53. The van der Waals surface area contributed by atoms with Crippen molar-refractivity contribution in [2.75, 3.05) is 43.9 Å². The first-order valence-electron chi connectivity index (χ1n) is 13.1. The Balaban J connectivity index is 1.32. The monoisotopic (exact) mass is 536 g/mol. The lowest BCUT2D eigenvalue weighted by atomic mass is 10.0. The number of nitrogens with zero attached hydrogens (tertiary/aromatic N) is 3. The minimum Gasteiger partial charge on any atom is -0.438 e. The summed E-state index contributed by atoms with van der Waals surface area (Å²) >= 11 is 0. The molecule has 0 bridgehead atoms. The Morgan fingerprint density at radius 3 is 2.67 bits per heavy atom. The van der Waals surface area contributed by atoms with E-state index < -0.39 is 5.54 Å². The predicted molar refractivity (Wildman–Crippen MR) is 157 cm³/mol. The van der Waals surface area contributed by atoms with E-state index in [0.29, 0.717) is 59.8 Å². The Hall–Kier alpha value is -4.65. The zero-order chi connectivity index (χ0) is 28.1. The number of terminal acetylenes is 1. The molecule has 0 unspecified atom stereocenters. The van der Waals surface area contributed by atoms with E-state index in [1.54, 1.807) is 36.5 Å². The molecule has 1 amide bonds. The summed E-state index contributed by atoms with van der Waals surface area (Å²) in [4.78, 5) is 24.4. The number of fused-ring (bicyclic) bond motifs is 1. The fourth-order valence-electron chi connectivity index (χ4n) is 4.74. The number of aromatic nitrogens is 2. The van der Waals surface area contributed by atoms with Crippen LogP contribution < -0.4 is 21.1 Å². The molecule has 0 atom stereocenters. The van der Waals surface area contributed by atoms with Gasteiger partial charge in [0.15, 0.2) is 0 Å². The molecule has 1 aliphatic heterocycles. The molecule has 2 heterocycles. The number of anilines is 3. The van der Waals surface area contributed by atoms with Crippen LogP contribution in [0.3, 0.4) is 0 Å². The van der Waals surface area contributed by atoms with Crippen LogP contribution in [0.1, 0.15) is 29.8 Å². The van der Waals surface area contributed by atoms with E-state index in [4.69, 9.17) is 21.6 Å². The second kappa shape index (κ2) is 11.6. The number of nitrogens with one attached hydrogen (secondary N) is 2. The van der Waals surface area contributed by atoms with Crippen molar-refractivity contribution >= 4 is 34.0 Å². The Kier molecular flexibility index (Phi) is 7.82. The number of hydrogen-bond donors (Lipinski definition) is 3. The maximum Gasteiger partial charge on any atom is 0.251 e. The van der Waals surface area contributed by atoms with Crippen LogP contribution in [0, 0.1) is 12.3 Å². The van der Waals surface area contributed by atoms with Crippen LogP contribution in [0.5, 0.6) is 11.6 Å². The third-order valence-corrected chi connectivity index (χ3v) is 6.55. The minimum absolute atomic E-state index is 0.216. The molecule has 3 aromatic carbocycles. The zero-order valence-corrected chi connectivity index (χ0v) is 22.6. The third kappa shape index (κ3) is 6.49. The summed E-state index contributed by atoms with van der Waals surface area (Å²) in [6.07, 6.45) is 7.30. The maximum atomic E-state index is 13.3. The number of morpholine rings is 1. The van der Waals surface area contributed by atoms with Crippen molar-refractivity contribution in [3.63, 3.8) is 0 Å².